The van der Waals surface area contributed by atoms with Crippen molar-refractivity contribution in [2.75, 3.05) is 26.2 Å². The molecule has 1 fully saturated rings. The van der Waals surface area contributed by atoms with Crippen molar-refractivity contribution in [3.63, 3.8) is 0 Å². The second kappa shape index (κ2) is 5.22. The van der Waals surface area contributed by atoms with Gasteiger partial charge in [0.05, 0.1) is 0 Å². The molecule has 0 aliphatic carbocycles. The first-order chi connectivity index (χ1) is 9.29. The molecule has 7 heteroatoms. The van der Waals surface area contributed by atoms with Crippen LogP contribution in [0.1, 0.15) is 37.3 Å². The summed E-state index contributed by atoms with van der Waals surface area (Å²) < 4.78 is 5.13. The molecule has 2 heterocycles. The van der Waals surface area contributed by atoms with Gasteiger partial charge in [-0.2, -0.15) is 0 Å². The Bertz CT molecular complexity index is 510. The lowest BCUT2D eigenvalue weighted by atomic mass is 9.94. The van der Waals surface area contributed by atoms with Crippen molar-refractivity contribution in [2.45, 2.75) is 27.7 Å². The fraction of sp³-hybridized carbons (Fsp3) is 0.692. The first-order valence-electron chi connectivity index (χ1n) is 6.68. The molecule has 2 rings (SSSR count). The Morgan fingerprint density at radius 2 is 1.60 bits per heavy atom. The van der Waals surface area contributed by atoms with E-state index < -0.39 is 5.41 Å². The van der Waals surface area contributed by atoms with Crippen LogP contribution in [0, 0.1) is 12.3 Å². The molecule has 1 saturated heterocycles. The summed E-state index contributed by atoms with van der Waals surface area (Å²) in [5.41, 5.74) is -0.393. The van der Waals surface area contributed by atoms with Crippen LogP contribution >= 0.6 is 0 Å². The van der Waals surface area contributed by atoms with Gasteiger partial charge >= 0.3 is 11.8 Å². The van der Waals surface area contributed by atoms with Crippen LogP contribution < -0.4 is 0 Å². The van der Waals surface area contributed by atoms with Crippen LogP contribution in [0.5, 0.6) is 0 Å². The lowest BCUT2D eigenvalue weighted by Crippen LogP contribution is -2.53. The molecular formula is C13H20N4O3. The van der Waals surface area contributed by atoms with Gasteiger partial charge in [0, 0.05) is 38.5 Å². The normalized spacial score (nSPS) is 16.4. The van der Waals surface area contributed by atoms with E-state index in [1.54, 1.807) is 16.7 Å². The second-order valence-corrected chi connectivity index (χ2v) is 5.96. The predicted octanol–water partition coefficient (Wildman–Crippen LogP) is 0.709. The minimum absolute atomic E-state index is 0.0121. The van der Waals surface area contributed by atoms with Gasteiger partial charge in [-0.25, -0.2) is 0 Å². The van der Waals surface area contributed by atoms with Gasteiger partial charge in [-0.1, -0.05) is 20.8 Å². The van der Waals surface area contributed by atoms with Crippen molar-refractivity contribution in [3.05, 3.63) is 11.8 Å². The highest BCUT2D eigenvalue weighted by Gasteiger charge is 2.32. The van der Waals surface area contributed by atoms with E-state index in [-0.39, 0.29) is 17.7 Å². The number of nitrogens with zero attached hydrogens (tertiary/aromatic N) is 4. The number of aryl methyl sites for hydroxylation is 1. The van der Waals surface area contributed by atoms with Crippen LogP contribution in [0.3, 0.4) is 0 Å². The fourth-order valence-corrected chi connectivity index (χ4v) is 2.11. The molecule has 0 unspecified atom stereocenters. The predicted molar refractivity (Wildman–Crippen MR) is 71.0 cm³/mol. The van der Waals surface area contributed by atoms with E-state index in [0.29, 0.717) is 32.1 Å². The van der Waals surface area contributed by atoms with Crippen LogP contribution in [-0.4, -0.2) is 58.0 Å². The third kappa shape index (κ3) is 2.97. The molecule has 20 heavy (non-hydrogen) atoms. The van der Waals surface area contributed by atoms with E-state index in [9.17, 15) is 9.59 Å². The van der Waals surface area contributed by atoms with Crippen LogP contribution in [0.15, 0.2) is 4.42 Å². The number of piperazine rings is 1. The van der Waals surface area contributed by atoms with Gasteiger partial charge < -0.3 is 14.2 Å². The maximum atomic E-state index is 12.2. The summed E-state index contributed by atoms with van der Waals surface area (Å²) >= 11 is 0. The first-order valence-corrected chi connectivity index (χ1v) is 6.68. The number of hydrogen-bond acceptors (Lipinski definition) is 5. The van der Waals surface area contributed by atoms with Crippen molar-refractivity contribution in [3.8, 4) is 0 Å². The maximum absolute atomic E-state index is 12.2. The Hall–Kier alpha value is -1.92. The Balaban J connectivity index is 1.95. The monoisotopic (exact) mass is 280 g/mol. The molecule has 0 atom stereocenters. The summed E-state index contributed by atoms with van der Waals surface area (Å²) in [6.45, 7) is 9.38. The average molecular weight is 280 g/mol. The van der Waals surface area contributed by atoms with Crippen molar-refractivity contribution in [2.24, 2.45) is 5.41 Å². The van der Waals surface area contributed by atoms with Crippen LogP contribution in [0.4, 0.5) is 0 Å². The SMILES string of the molecule is Cc1nnc(C(=O)N2CCN(C(=O)C(C)(C)C)CC2)o1. The lowest BCUT2D eigenvalue weighted by molar-refractivity contribution is -0.140. The highest BCUT2D eigenvalue weighted by Crippen LogP contribution is 2.19. The molecule has 1 aromatic heterocycles. The highest BCUT2D eigenvalue weighted by molar-refractivity contribution is 5.89. The topological polar surface area (TPSA) is 79.5 Å². The molecule has 0 aromatic carbocycles. The van der Waals surface area contributed by atoms with Gasteiger partial charge in [0.1, 0.15) is 0 Å². The van der Waals surface area contributed by atoms with Gasteiger partial charge in [-0.15, -0.1) is 10.2 Å². The van der Waals surface area contributed by atoms with Crippen molar-refractivity contribution >= 4 is 11.8 Å². The standard InChI is InChI=1S/C13H20N4O3/c1-9-14-15-10(20-9)11(18)16-5-7-17(8-6-16)12(19)13(2,3)4/h5-8H2,1-4H3. The number of carbonyl (C=O) groups excluding carboxylic acids is 2. The minimum Gasteiger partial charge on any atom is -0.417 e. The van der Waals surface area contributed by atoms with Gasteiger partial charge in [0.2, 0.25) is 11.8 Å². The molecule has 0 N–H and O–H groups in total. The number of carbonyl (C=O) groups is 2. The maximum Gasteiger partial charge on any atom is 0.311 e. The number of rotatable bonds is 1. The zero-order valence-electron chi connectivity index (χ0n) is 12.3. The van der Waals surface area contributed by atoms with Crippen molar-refractivity contribution in [1.29, 1.82) is 0 Å². The summed E-state index contributed by atoms with van der Waals surface area (Å²) in [6, 6.07) is 0. The Labute approximate surface area is 117 Å². The molecule has 1 aliphatic heterocycles. The zero-order chi connectivity index (χ0) is 14.9. The largest absolute Gasteiger partial charge is 0.417 e. The van der Waals surface area contributed by atoms with Crippen LogP contribution in [0.25, 0.3) is 0 Å². The third-order valence-corrected chi connectivity index (χ3v) is 3.20. The van der Waals surface area contributed by atoms with Gasteiger partial charge in [0.15, 0.2) is 0 Å². The Kier molecular flexibility index (Phi) is 3.78. The van der Waals surface area contributed by atoms with E-state index >= 15 is 0 Å². The van der Waals surface area contributed by atoms with Gasteiger partial charge in [0.25, 0.3) is 0 Å². The van der Waals surface area contributed by atoms with E-state index in [2.05, 4.69) is 10.2 Å². The molecule has 1 aromatic rings. The minimum atomic E-state index is -0.393. The van der Waals surface area contributed by atoms with E-state index in [4.69, 9.17) is 4.42 Å². The molecule has 2 amide bonds. The number of amides is 2. The summed E-state index contributed by atoms with van der Waals surface area (Å²) in [5, 5.41) is 7.38. The third-order valence-electron chi connectivity index (χ3n) is 3.20. The molecule has 7 nitrogen and oxygen atoms in total. The van der Waals surface area contributed by atoms with Crippen molar-refractivity contribution < 1.29 is 14.0 Å². The first kappa shape index (κ1) is 14.5. The zero-order valence-corrected chi connectivity index (χ0v) is 12.3. The molecule has 0 radical (unpaired) electrons. The highest BCUT2D eigenvalue weighted by atomic mass is 16.4. The molecule has 0 saturated carbocycles. The van der Waals surface area contributed by atoms with E-state index in [1.807, 2.05) is 20.8 Å². The van der Waals surface area contributed by atoms with Crippen molar-refractivity contribution in [1.82, 2.24) is 20.0 Å². The second-order valence-electron chi connectivity index (χ2n) is 5.96. The number of hydrogen-bond donors (Lipinski definition) is 0. The molecule has 0 spiro atoms. The summed E-state index contributed by atoms with van der Waals surface area (Å²) in [5.74, 6) is 0.222. The summed E-state index contributed by atoms with van der Waals surface area (Å²) in [6.07, 6.45) is 0. The Morgan fingerprint density at radius 3 is 2.05 bits per heavy atom. The summed E-state index contributed by atoms with van der Waals surface area (Å²) in [4.78, 5) is 27.7. The fourth-order valence-electron chi connectivity index (χ4n) is 2.11. The van der Waals surface area contributed by atoms with Gasteiger partial charge in [-0.05, 0) is 0 Å². The molecule has 1 aliphatic rings. The van der Waals surface area contributed by atoms with E-state index in [0.717, 1.165) is 0 Å². The molecule has 110 valence electrons. The Morgan fingerprint density at radius 1 is 1.05 bits per heavy atom. The smallest absolute Gasteiger partial charge is 0.311 e. The van der Waals surface area contributed by atoms with Crippen LogP contribution in [-0.2, 0) is 4.79 Å². The van der Waals surface area contributed by atoms with Gasteiger partial charge in [-0.3, -0.25) is 9.59 Å². The quantitative estimate of drug-likeness (QED) is 0.757. The lowest BCUT2D eigenvalue weighted by Gasteiger charge is -2.37. The van der Waals surface area contributed by atoms with Crippen LogP contribution in [0.2, 0.25) is 0 Å². The average Bonchev–Trinajstić information content (AvgIpc) is 2.83. The number of aromatic nitrogens is 2. The van der Waals surface area contributed by atoms with E-state index in [1.165, 1.54) is 0 Å². The molecule has 0 bridgehead atoms. The summed E-state index contributed by atoms with van der Waals surface area (Å²) in [7, 11) is 0. The molecular weight excluding hydrogens is 260 g/mol.